The van der Waals surface area contributed by atoms with Crippen LogP contribution < -0.4 is 5.32 Å². The minimum Gasteiger partial charge on any atom is -0.388 e. The van der Waals surface area contributed by atoms with Crippen LogP contribution in [0, 0.1) is 11.3 Å². The quantitative estimate of drug-likeness (QED) is 0.893. The number of alkyl halides is 3. The molecule has 0 aromatic heterocycles. The second kappa shape index (κ2) is 4.98. The predicted octanol–water partition coefficient (Wildman–Crippen LogP) is 3.54. The zero-order chi connectivity index (χ0) is 15.8. The van der Waals surface area contributed by atoms with E-state index in [1.165, 1.54) is 12.1 Å². The Morgan fingerprint density at radius 2 is 1.70 bits per heavy atom. The Morgan fingerprint density at radius 1 is 1.15 bits per heavy atom. The van der Waals surface area contributed by atoms with Gasteiger partial charge in [-0.05, 0) is 45.9 Å². The first-order valence-corrected chi connectivity index (χ1v) is 6.00. The maximum atomic E-state index is 12.9. The van der Waals surface area contributed by atoms with E-state index in [-0.39, 0.29) is 5.69 Å². The molecule has 2 N–H and O–H groups in total. The smallest absolute Gasteiger partial charge is 0.388 e. The van der Waals surface area contributed by atoms with Crippen LogP contribution in [0.5, 0.6) is 0 Å². The lowest BCUT2D eigenvalue weighted by atomic mass is 9.85. The molecule has 0 aliphatic heterocycles. The van der Waals surface area contributed by atoms with E-state index in [4.69, 9.17) is 5.26 Å². The van der Waals surface area contributed by atoms with E-state index in [2.05, 4.69) is 5.32 Å². The van der Waals surface area contributed by atoms with Gasteiger partial charge in [0, 0.05) is 5.69 Å². The van der Waals surface area contributed by atoms with Crippen molar-refractivity contribution in [2.75, 3.05) is 5.32 Å². The summed E-state index contributed by atoms with van der Waals surface area (Å²) in [6.07, 6.45) is -4.60. The molecule has 1 aromatic rings. The summed E-state index contributed by atoms with van der Waals surface area (Å²) in [6, 6.07) is 4.91. The van der Waals surface area contributed by atoms with Gasteiger partial charge in [-0.25, -0.2) is 0 Å². The standard InChI is InChI=1S/C14H17F3N2O/c1-12(2,13(3,4)20)19-10-6-5-9(8-18)11(7-10)14(15,16)17/h5-7,19-20H,1-4H3. The average Bonchev–Trinajstić information content (AvgIpc) is 2.25. The summed E-state index contributed by atoms with van der Waals surface area (Å²) in [7, 11) is 0. The second-order valence-electron chi connectivity index (χ2n) is 5.68. The molecule has 1 aromatic carbocycles. The fourth-order valence-electron chi connectivity index (χ4n) is 1.47. The highest BCUT2D eigenvalue weighted by Gasteiger charge is 2.37. The minimum absolute atomic E-state index is 0.198. The van der Waals surface area contributed by atoms with Crippen molar-refractivity contribution in [1.82, 2.24) is 0 Å². The molecular formula is C14H17F3N2O. The monoisotopic (exact) mass is 286 g/mol. The van der Waals surface area contributed by atoms with Gasteiger partial charge in [0.1, 0.15) is 0 Å². The Kier molecular flexibility index (Phi) is 4.07. The van der Waals surface area contributed by atoms with Crippen molar-refractivity contribution in [1.29, 1.82) is 5.26 Å². The number of nitrogens with zero attached hydrogens (tertiary/aromatic N) is 1. The lowest BCUT2D eigenvalue weighted by molar-refractivity contribution is -0.137. The summed E-state index contributed by atoms with van der Waals surface area (Å²) in [5.41, 5.74) is -3.20. The molecule has 3 nitrogen and oxygen atoms in total. The number of benzene rings is 1. The summed E-state index contributed by atoms with van der Waals surface area (Å²) >= 11 is 0. The number of hydrogen-bond acceptors (Lipinski definition) is 3. The molecule has 0 bridgehead atoms. The van der Waals surface area contributed by atoms with Crippen molar-refractivity contribution in [2.24, 2.45) is 0 Å². The maximum Gasteiger partial charge on any atom is 0.417 e. The first kappa shape index (κ1) is 16.3. The largest absolute Gasteiger partial charge is 0.417 e. The zero-order valence-electron chi connectivity index (χ0n) is 11.8. The Labute approximate surface area is 116 Å². The van der Waals surface area contributed by atoms with Crippen LogP contribution in [0.2, 0.25) is 0 Å². The van der Waals surface area contributed by atoms with Gasteiger partial charge >= 0.3 is 6.18 Å². The second-order valence-corrected chi connectivity index (χ2v) is 5.68. The molecule has 0 fully saturated rings. The molecule has 20 heavy (non-hydrogen) atoms. The number of aliphatic hydroxyl groups is 1. The highest BCUT2D eigenvalue weighted by molar-refractivity contribution is 5.54. The summed E-state index contributed by atoms with van der Waals surface area (Å²) in [4.78, 5) is 0. The molecule has 110 valence electrons. The van der Waals surface area contributed by atoms with Crippen LogP contribution in [0.4, 0.5) is 18.9 Å². The molecule has 0 spiro atoms. The Bertz CT molecular complexity index is 537. The Balaban J connectivity index is 3.22. The van der Waals surface area contributed by atoms with Crippen LogP contribution in [-0.2, 0) is 6.18 Å². The molecule has 0 radical (unpaired) electrons. The molecule has 0 heterocycles. The van der Waals surface area contributed by atoms with Gasteiger partial charge in [-0.15, -0.1) is 0 Å². The van der Waals surface area contributed by atoms with E-state index in [1.807, 2.05) is 0 Å². The third-order valence-electron chi connectivity index (χ3n) is 3.43. The van der Waals surface area contributed by atoms with Gasteiger partial charge in [-0.2, -0.15) is 18.4 Å². The van der Waals surface area contributed by atoms with Gasteiger partial charge in [0.15, 0.2) is 0 Å². The topological polar surface area (TPSA) is 56.0 Å². The molecule has 0 aliphatic rings. The van der Waals surface area contributed by atoms with E-state index < -0.39 is 28.4 Å². The Hall–Kier alpha value is -1.74. The molecular weight excluding hydrogens is 269 g/mol. The molecule has 6 heteroatoms. The molecule has 0 saturated carbocycles. The number of rotatable bonds is 3. The van der Waals surface area contributed by atoms with Crippen molar-refractivity contribution in [3.8, 4) is 6.07 Å². The summed E-state index contributed by atoms with van der Waals surface area (Å²) in [5, 5.41) is 21.6. The summed E-state index contributed by atoms with van der Waals surface area (Å²) < 4.78 is 38.6. The molecule has 0 amide bonds. The van der Waals surface area contributed by atoms with E-state index in [0.717, 1.165) is 12.1 Å². The first-order valence-electron chi connectivity index (χ1n) is 6.00. The number of hydrogen-bond donors (Lipinski definition) is 2. The van der Waals surface area contributed by atoms with Crippen LogP contribution >= 0.6 is 0 Å². The van der Waals surface area contributed by atoms with Gasteiger partial charge in [0.2, 0.25) is 0 Å². The van der Waals surface area contributed by atoms with E-state index in [0.29, 0.717) is 0 Å². The van der Waals surface area contributed by atoms with Crippen molar-refractivity contribution in [3.63, 3.8) is 0 Å². The van der Waals surface area contributed by atoms with Gasteiger partial charge in [0.05, 0.1) is 28.3 Å². The van der Waals surface area contributed by atoms with Gasteiger partial charge < -0.3 is 10.4 Å². The van der Waals surface area contributed by atoms with Crippen molar-refractivity contribution in [2.45, 2.75) is 45.0 Å². The first-order chi connectivity index (χ1) is 8.88. The molecule has 0 saturated heterocycles. The predicted molar refractivity (Wildman–Crippen MR) is 70.2 cm³/mol. The van der Waals surface area contributed by atoms with Crippen molar-refractivity contribution < 1.29 is 18.3 Å². The highest BCUT2D eigenvalue weighted by Crippen LogP contribution is 2.35. The third kappa shape index (κ3) is 3.42. The van der Waals surface area contributed by atoms with Gasteiger partial charge in [-0.3, -0.25) is 0 Å². The van der Waals surface area contributed by atoms with Gasteiger partial charge in [0.25, 0.3) is 0 Å². The van der Waals surface area contributed by atoms with E-state index in [1.54, 1.807) is 27.7 Å². The molecule has 0 atom stereocenters. The lowest BCUT2D eigenvalue weighted by Gasteiger charge is -2.39. The number of anilines is 1. The minimum atomic E-state index is -4.60. The fourth-order valence-corrected chi connectivity index (χ4v) is 1.47. The van der Waals surface area contributed by atoms with Crippen LogP contribution in [-0.4, -0.2) is 16.2 Å². The summed E-state index contributed by atoms with van der Waals surface area (Å²) in [6.45, 7) is 6.49. The van der Waals surface area contributed by atoms with Crippen molar-refractivity contribution >= 4 is 5.69 Å². The van der Waals surface area contributed by atoms with Crippen LogP contribution in [0.1, 0.15) is 38.8 Å². The van der Waals surface area contributed by atoms with Crippen LogP contribution in [0.15, 0.2) is 18.2 Å². The number of nitrogens with one attached hydrogen (secondary N) is 1. The molecule has 1 rings (SSSR count). The average molecular weight is 286 g/mol. The van der Waals surface area contributed by atoms with Crippen LogP contribution in [0.25, 0.3) is 0 Å². The van der Waals surface area contributed by atoms with Gasteiger partial charge in [-0.1, -0.05) is 0 Å². The highest BCUT2D eigenvalue weighted by atomic mass is 19.4. The third-order valence-corrected chi connectivity index (χ3v) is 3.43. The Morgan fingerprint density at radius 3 is 2.10 bits per heavy atom. The lowest BCUT2D eigenvalue weighted by Crippen LogP contribution is -2.51. The SMILES string of the molecule is CC(C)(O)C(C)(C)Nc1ccc(C#N)c(C(F)(F)F)c1. The van der Waals surface area contributed by atoms with E-state index >= 15 is 0 Å². The summed E-state index contributed by atoms with van der Waals surface area (Å²) in [5.74, 6) is 0. The zero-order valence-corrected chi connectivity index (χ0v) is 11.8. The normalized spacial score (nSPS) is 12.9. The number of halogens is 3. The molecule has 0 unspecified atom stereocenters. The fraction of sp³-hybridized carbons (Fsp3) is 0.500. The van der Waals surface area contributed by atoms with Crippen LogP contribution in [0.3, 0.4) is 0 Å². The van der Waals surface area contributed by atoms with E-state index in [9.17, 15) is 18.3 Å². The number of nitriles is 1. The maximum absolute atomic E-state index is 12.9. The molecule has 0 aliphatic carbocycles. The van der Waals surface area contributed by atoms with Crippen molar-refractivity contribution in [3.05, 3.63) is 29.3 Å².